The van der Waals surface area contributed by atoms with E-state index in [1.54, 1.807) is 0 Å². The number of benzene rings is 8. The molecular weight excluding hydrogens is 593 g/mol. The molecule has 46 heavy (non-hydrogen) atoms. The van der Waals surface area contributed by atoms with Crippen molar-refractivity contribution in [1.82, 2.24) is 0 Å². The van der Waals surface area contributed by atoms with E-state index < -0.39 is 0 Å². The lowest BCUT2D eigenvalue weighted by molar-refractivity contribution is 1.60. The second-order valence-electron chi connectivity index (χ2n) is 12.2. The second-order valence-corrected chi connectivity index (χ2v) is 14.3. The highest BCUT2D eigenvalue weighted by atomic mass is 32.1. The smallest absolute Gasteiger partial charge is 0.0542 e. The van der Waals surface area contributed by atoms with E-state index >= 15 is 0 Å². The molecular formula is C44H26S2. The molecule has 10 rings (SSSR count). The summed E-state index contributed by atoms with van der Waals surface area (Å²) in [5.74, 6) is 0. The van der Waals surface area contributed by atoms with Gasteiger partial charge in [0.05, 0.1) is 9.40 Å². The summed E-state index contributed by atoms with van der Waals surface area (Å²) >= 11 is 3.87. The van der Waals surface area contributed by atoms with Gasteiger partial charge >= 0.3 is 0 Å². The molecule has 8 aromatic carbocycles. The Morgan fingerprint density at radius 1 is 0.261 bits per heavy atom. The van der Waals surface area contributed by atoms with Gasteiger partial charge in [-0.3, -0.25) is 0 Å². The van der Waals surface area contributed by atoms with Crippen molar-refractivity contribution < 1.29 is 0 Å². The molecule has 0 nitrogen and oxygen atoms in total. The molecule has 0 spiro atoms. The molecule has 10 aromatic rings. The summed E-state index contributed by atoms with van der Waals surface area (Å²) in [6.45, 7) is 0. The number of hydrogen-bond donors (Lipinski definition) is 0. The van der Waals surface area contributed by atoms with Crippen LogP contribution in [0.5, 0.6) is 0 Å². The average molecular weight is 619 g/mol. The van der Waals surface area contributed by atoms with Gasteiger partial charge in [0, 0.05) is 20.2 Å². The van der Waals surface area contributed by atoms with E-state index in [4.69, 9.17) is 0 Å². The van der Waals surface area contributed by atoms with Gasteiger partial charge in [-0.2, -0.15) is 0 Å². The van der Waals surface area contributed by atoms with E-state index in [1.807, 2.05) is 22.7 Å². The zero-order valence-corrected chi connectivity index (χ0v) is 26.5. The van der Waals surface area contributed by atoms with Crippen molar-refractivity contribution in [1.29, 1.82) is 0 Å². The summed E-state index contributed by atoms with van der Waals surface area (Å²) in [4.78, 5) is 0. The van der Waals surface area contributed by atoms with Crippen LogP contribution < -0.4 is 0 Å². The Labute approximate surface area is 274 Å². The Kier molecular flexibility index (Phi) is 5.72. The summed E-state index contributed by atoms with van der Waals surface area (Å²) in [5, 5.41) is 10.5. The van der Waals surface area contributed by atoms with E-state index in [0.29, 0.717) is 0 Å². The number of thiophene rings is 2. The molecule has 2 heterocycles. The van der Waals surface area contributed by atoms with Crippen molar-refractivity contribution in [2.75, 3.05) is 0 Å². The van der Waals surface area contributed by atoms with Gasteiger partial charge in [0.25, 0.3) is 0 Å². The van der Waals surface area contributed by atoms with Crippen molar-refractivity contribution >= 4 is 84.6 Å². The SMILES string of the molecule is c1ccc(-c2ccc(-c3ccc4cc(-c5ccc6cc7sc8c9cc%10ccccc%10cc9sc8c7cc6c5)ccc4c3)cc2)cc1. The molecule has 0 aliphatic carbocycles. The van der Waals surface area contributed by atoms with E-state index in [1.165, 1.54) is 95.3 Å². The third kappa shape index (κ3) is 4.19. The minimum atomic E-state index is 1.24. The van der Waals surface area contributed by atoms with Crippen molar-refractivity contribution in [2.24, 2.45) is 0 Å². The summed E-state index contributed by atoms with van der Waals surface area (Å²) in [6, 6.07) is 58.3. The van der Waals surface area contributed by atoms with Crippen LogP contribution in [-0.4, -0.2) is 0 Å². The predicted molar refractivity (Wildman–Crippen MR) is 204 cm³/mol. The van der Waals surface area contributed by atoms with Crippen LogP contribution in [0.2, 0.25) is 0 Å². The summed E-state index contributed by atoms with van der Waals surface area (Å²) in [5.41, 5.74) is 7.47. The second kappa shape index (κ2) is 10.1. The average Bonchev–Trinajstić information content (AvgIpc) is 3.64. The highest BCUT2D eigenvalue weighted by Gasteiger charge is 2.14. The third-order valence-electron chi connectivity index (χ3n) is 9.41. The van der Waals surface area contributed by atoms with Crippen molar-refractivity contribution in [3.8, 4) is 33.4 Å². The van der Waals surface area contributed by atoms with Crippen LogP contribution in [0.4, 0.5) is 0 Å². The lowest BCUT2D eigenvalue weighted by atomic mass is 9.95. The Morgan fingerprint density at radius 2 is 0.630 bits per heavy atom. The molecule has 0 saturated carbocycles. The standard InChI is InChI=1S/C44H26S2/c1-2-6-27(7-3-1)28-10-12-29(13-11-28)32-14-15-34-21-35(17-16-33(34)20-32)36-18-19-37-26-42-40(24-38(37)22-36)44-43(46-42)39-23-30-8-4-5-9-31(30)25-41(39)45-44/h1-26H. The first-order chi connectivity index (χ1) is 22.7. The fourth-order valence-corrected chi connectivity index (χ4v) is 9.65. The van der Waals surface area contributed by atoms with Gasteiger partial charge in [0.1, 0.15) is 0 Å². The molecule has 0 aliphatic rings. The minimum absolute atomic E-state index is 1.24. The Hall–Kier alpha value is -5.28. The summed E-state index contributed by atoms with van der Waals surface area (Å²) in [7, 11) is 0. The molecule has 0 N–H and O–H groups in total. The van der Waals surface area contributed by atoms with Crippen molar-refractivity contribution in [3.05, 3.63) is 158 Å². The normalized spacial score (nSPS) is 11.9. The molecule has 0 bridgehead atoms. The zero-order valence-electron chi connectivity index (χ0n) is 24.8. The first-order valence-corrected chi connectivity index (χ1v) is 17.3. The van der Waals surface area contributed by atoms with Gasteiger partial charge in [-0.1, -0.05) is 115 Å². The van der Waals surface area contributed by atoms with Crippen molar-refractivity contribution in [2.45, 2.75) is 0 Å². The van der Waals surface area contributed by atoms with Crippen LogP contribution >= 0.6 is 22.7 Å². The monoisotopic (exact) mass is 618 g/mol. The molecule has 0 atom stereocenters. The van der Waals surface area contributed by atoms with Crippen LogP contribution in [0.15, 0.2) is 158 Å². The molecule has 0 saturated heterocycles. The fourth-order valence-electron chi connectivity index (χ4n) is 6.96. The molecule has 0 radical (unpaired) electrons. The van der Waals surface area contributed by atoms with Gasteiger partial charge in [-0.05, 0) is 108 Å². The molecule has 214 valence electrons. The summed E-state index contributed by atoms with van der Waals surface area (Å²) < 4.78 is 5.57. The van der Waals surface area contributed by atoms with E-state index in [0.717, 1.165) is 0 Å². The highest BCUT2D eigenvalue weighted by Crippen LogP contribution is 2.46. The van der Waals surface area contributed by atoms with Gasteiger partial charge in [-0.25, -0.2) is 0 Å². The minimum Gasteiger partial charge on any atom is -0.134 e. The van der Waals surface area contributed by atoms with Crippen LogP contribution in [-0.2, 0) is 0 Å². The Bertz CT molecular complexity index is 2780. The largest absolute Gasteiger partial charge is 0.134 e. The quantitative estimate of drug-likeness (QED) is 0.185. The first kappa shape index (κ1) is 26.0. The Morgan fingerprint density at radius 3 is 1.22 bits per heavy atom. The van der Waals surface area contributed by atoms with E-state index in [2.05, 4.69) is 158 Å². The van der Waals surface area contributed by atoms with Crippen molar-refractivity contribution in [3.63, 3.8) is 0 Å². The van der Waals surface area contributed by atoms with Crippen LogP contribution in [0.1, 0.15) is 0 Å². The number of rotatable bonds is 3. The van der Waals surface area contributed by atoms with Crippen LogP contribution in [0, 0.1) is 0 Å². The van der Waals surface area contributed by atoms with Gasteiger partial charge in [0.15, 0.2) is 0 Å². The molecule has 2 aromatic heterocycles. The maximum absolute atomic E-state index is 2.42. The lowest BCUT2D eigenvalue weighted by Gasteiger charge is -2.09. The van der Waals surface area contributed by atoms with Crippen LogP contribution in [0.25, 0.3) is 95.3 Å². The van der Waals surface area contributed by atoms with Gasteiger partial charge in [0.2, 0.25) is 0 Å². The predicted octanol–water partition coefficient (Wildman–Crippen LogP) is 13.7. The first-order valence-electron chi connectivity index (χ1n) is 15.6. The maximum Gasteiger partial charge on any atom is 0.0542 e. The molecule has 0 unspecified atom stereocenters. The lowest BCUT2D eigenvalue weighted by Crippen LogP contribution is -1.83. The Balaban J connectivity index is 1.01. The number of fused-ring (bicyclic) bond motifs is 8. The van der Waals surface area contributed by atoms with E-state index in [-0.39, 0.29) is 0 Å². The topological polar surface area (TPSA) is 0 Å². The zero-order chi connectivity index (χ0) is 30.2. The maximum atomic E-state index is 2.42. The molecule has 0 fully saturated rings. The van der Waals surface area contributed by atoms with E-state index in [9.17, 15) is 0 Å². The van der Waals surface area contributed by atoms with Gasteiger partial charge in [-0.15, -0.1) is 22.7 Å². The molecule has 0 aliphatic heterocycles. The highest BCUT2D eigenvalue weighted by molar-refractivity contribution is 7.36. The number of hydrogen-bond acceptors (Lipinski definition) is 2. The third-order valence-corrected chi connectivity index (χ3v) is 11.9. The molecule has 2 heteroatoms. The molecule has 0 amide bonds. The fraction of sp³-hybridized carbons (Fsp3) is 0. The summed E-state index contributed by atoms with van der Waals surface area (Å²) in [6.07, 6.45) is 0. The van der Waals surface area contributed by atoms with Crippen LogP contribution in [0.3, 0.4) is 0 Å². The van der Waals surface area contributed by atoms with Gasteiger partial charge < -0.3 is 0 Å².